The van der Waals surface area contributed by atoms with Gasteiger partial charge in [-0.25, -0.2) is 4.98 Å². The zero-order valence-electron chi connectivity index (χ0n) is 12.8. The Morgan fingerprint density at radius 2 is 2.14 bits per heavy atom. The molecule has 21 heavy (non-hydrogen) atoms. The minimum atomic E-state index is 0.688. The van der Waals surface area contributed by atoms with E-state index in [9.17, 15) is 0 Å². The number of fused-ring (bicyclic) bond motifs is 1. The van der Waals surface area contributed by atoms with Gasteiger partial charge in [0.05, 0.1) is 12.0 Å². The lowest BCUT2D eigenvalue weighted by Gasteiger charge is -2.12. The average molecular weight is 305 g/mol. The van der Waals surface area contributed by atoms with Gasteiger partial charge in [-0.05, 0) is 38.2 Å². The standard InChI is InChI=1S/C16H23N3OS/c1-3-8-17-16-18-14(20-10-12-6-4-5-7-12)13-9-11(2)21-15(13)19-16/h9,12H,3-8,10H2,1-2H3,(H,17,18,19). The van der Waals surface area contributed by atoms with Crippen LogP contribution >= 0.6 is 11.3 Å². The molecule has 114 valence electrons. The molecule has 0 spiro atoms. The van der Waals surface area contributed by atoms with Crippen molar-refractivity contribution in [3.63, 3.8) is 0 Å². The van der Waals surface area contributed by atoms with Gasteiger partial charge in [-0.2, -0.15) is 4.98 Å². The van der Waals surface area contributed by atoms with Crippen molar-refractivity contribution in [2.24, 2.45) is 5.92 Å². The van der Waals surface area contributed by atoms with Crippen LogP contribution in [0.15, 0.2) is 6.07 Å². The van der Waals surface area contributed by atoms with E-state index in [-0.39, 0.29) is 0 Å². The van der Waals surface area contributed by atoms with Gasteiger partial charge in [0.1, 0.15) is 4.83 Å². The molecular formula is C16H23N3OS. The first-order valence-electron chi connectivity index (χ1n) is 7.91. The number of anilines is 1. The van der Waals surface area contributed by atoms with E-state index in [0.29, 0.717) is 11.9 Å². The smallest absolute Gasteiger partial charge is 0.227 e. The van der Waals surface area contributed by atoms with E-state index in [2.05, 4.69) is 35.2 Å². The topological polar surface area (TPSA) is 47.0 Å². The van der Waals surface area contributed by atoms with E-state index in [1.54, 1.807) is 11.3 Å². The SMILES string of the molecule is CCCNc1nc(OCC2CCCC2)c2cc(C)sc2n1. The van der Waals surface area contributed by atoms with Crippen molar-refractivity contribution in [2.45, 2.75) is 46.0 Å². The summed E-state index contributed by atoms with van der Waals surface area (Å²) >= 11 is 1.70. The average Bonchev–Trinajstić information content (AvgIpc) is 3.10. The molecule has 0 unspecified atom stereocenters. The molecule has 5 heteroatoms. The fraction of sp³-hybridized carbons (Fsp3) is 0.625. The minimum Gasteiger partial charge on any atom is -0.477 e. The second-order valence-electron chi connectivity index (χ2n) is 5.82. The Kier molecular flexibility index (Phi) is 4.58. The Hall–Kier alpha value is -1.36. The maximum atomic E-state index is 6.05. The molecule has 0 bridgehead atoms. The minimum absolute atomic E-state index is 0.688. The van der Waals surface area contributed by atoms with Crippen LogP contribution in [0.4, 0.5) is 5.95 Å². The van der Waals surface area contributed by atoms with Crippen LogP contribution in [-0.2, 0) is 0 Å². The summed E-state index contributed by atoms with van der Waals surface area (Å²) in [4.78, 5) is 11.4. The van der Waals surface area contributed by atoms with Gasteiger partial charge in [0.2, 0.25) is 11.8 Å². The lowest BCUT2D eigenvalue weighted by molar-refractivity contribution is 0.246. The highest BCUT2D eigenvalue weighted by atomic mass is 32.1. The van der Waals surface area contributed by atoms with Gasteiger partial charge < -0.3 is 10.1 Å². The molecule has 2 heterocycles. The highest BCUT2D eigenvalue weighted by molar-refractivity contribution is 7.18. The molecule has 1 aliphatic rings. The molecule has 0 amide bonds. The Labute approximate surface area is 129 Å². The fourth-order valence-corrected chi connectivity index (χ4v) is 3.69. The van der Waals surface area contributed by atoms with Gasteiger partial charge in [0.25, 0.3) is 0 Å². The van der Waals surface area contributed by atoms with E-state index >= 15 is 0 Å². The molecule has 2 aromatic heterocycles. The van der Waals surface area contributed by atoms with E-state index in [1.165, 1.54) is 30.6 Å². The van der Waals surface area contributed by atoms with Crippen LogP contribution in [0.5, 0.6) is 5.88 Å². The number of aryl methyl sites for hydroxylation is 1. The second-order valence-corrected chi connectivity index (χ2v) is 7.05. The summed E-state index contributed by atoms with van der Waals surface area (Å²) in [6, 6.07) is 2.13. The summed E-state index contributed by atoms with van der Waals surface area (Å²) in [6.45, 7) is 5.91. The molecule has 0 aliphatic heterocycles. The van der Waals surface area contributed by atoms with E-state index in [4.69, 9.17) is 4.74 Å². The van der Waals surface area contributed by atoms with Crippen LogP contribution in [0.3, 0.4) is 0 Å². The van der Waals surface area contributed by atoms with E-state index in [0.717, 1.165) is 35.7 Å². The third kappa shape index (κ3) is 3.46. The highest BCUT2D eigenvalue weighted by Crippen LogP contribution is 2.32. The van der Waals surface area contributed by atoms with Crippen LogP contribution in [0.25, 0.3) is 10.2 Å². The first kappa shape index (κ1) is 14.6. The van der Waals surface area contributed by atoms with Gasteiger partial charge >= 0.3 is 0 Å². The van der Waals surface area contributed by atoms with Gasteiger partial charge in [0.15, 0.2) is 0 Å². The Morgan fingerprint density at radius 1 is 1.33 bits per heavy atom. The molecule has 1 fully saturated rings. The summed E-state index contributed by atoms with van der Waals surface area (Å²) in [7, 11) is 0. The third-order valence-corrected chi connectivity index (χ3v) is 4.89. The van der Waals surface area contributed by atoms with Crippen molar-refractivity contribution in [1.82, 2.24) is 9.97 Å². The quantitative estimate of drug-likeness (QED) is 0.859. The Bertz CT molecular complexity index is 605. The maximum Gasteiger partial charge on any atom is 0.227 e. The van der Waals surface area contributed by atoms with Gasteiger partial charge in [-0.1, -0.05) is 19.8 Å². The normalized spacial score (nSPS) is 15.7. The number of rotatable bonds is 6. The van der Waals surface area contributed by atoms with Crippen LogP contribution in [0.1, 0.15) is 43.9 Å². The summed E-state index contributed by atoms with van der Waals surface area (Å²) in [5.41, 5.74) is 0. The number of nitrogens with one attached hydrogen (secondary N) is 1. The number of thiophene rings is 1. The first-order valence-corrected chi connectivity index (χ1v) is 8.72. The summed E-state index contributed by atoms with van der Waals surface area (Å²) in [5, 5.41) is 4.32. The summed E-state index contributed by atoms with van der Waals surface area (Å²) < 4.78 is 6.05. The van der Waals surface area contributed by atoms with Gasteiger partial charge in [0, 0.05) is 11.4 Å². The van der Waals surface area contributed by atoms with Crippen molar-refractivity contribution in [2.75, 3.05) is 18.5 Å². The number of nitrogens with zero attached hydrogens (tertiary/aromatic N) is 2. The monoisotopic (exact) mass is 305 g/mol. The van der Waals surface area contributed by atoms with Crippen LogP contribution in [0.2, 0.25) is 0 Å². The van der Waals surface area contributed by atoms with Crippen LogP contribution < -0.4 is 10.1 Å². The summed E-state index contributed by atoms with van der Waals surface area (Å²) in [6.07, 6.45) is 6.32. The molecule has 0 aromatic carbocycles. The fourth-order valence-electron chi connectivity index (χ4n) is 2.82. The molecule has 3 rings (SSSR count). The highest BCUT2D eigenvalue weighted by Gasteiger charge is 2.18. The lowest BCUT2D eigenvalue weighted by Crippen LogP contribution is -2.11. The number of aromatic nitrogens is 2. The van der Waals surface area contributed by atoms with Crippen molar-refractivity contribution >= 4 is 27.5 Å². The number of hydrogen-bond donors (Lipinski definition) is 1. The van der Waals surface area contributed by atoms with E-state index in [1.807, 2.05) is 0 Å². The van der Waals surface area contributed by atoms with Crippen molar-refractivity contribution in [3.8, 4) is 5.88 Å². The van der Waals surface area contributed by atoms with Crippen molar-refractivity contribution in [3.05, 3.63) is 10.9 Å². The van der Waals surface area contributed by atoms with Gasteiger partial charge in [-0.15, -0.1) is 11.3 Å². The van der Waals surface area contributed by atoms with Crippen molar-refractivity contribution < 1.29 is 4.74 Å². The predicted molar refractivity (Wildman–Crippen MR) is 88.4 cm³/mol. The van der Waals surface area contributed by atoms with E-state index < -0.39 is 0 Å². The van der Waals surface area contributed by atoms with Crippen LogP contribution in [0, 0.1) is 12.8 Å². The molecule has 1 saturated carbocycles. The molecule has 0 radical (unpaired) electrons. The van der Waals surface area contributed by atoms with Crippen molar-refractivity contribution in [1.29, 1.82) is 0 Å². The third-order valence-electron chi connectivity index (χ3n) is 3.94. The number of ether oxygens (including phenoxy) is 1. The lowest BCUT2D eigenvalue weighted by atomic mass is 10.1. The molecule has 1 aliphatic carbocycles. The molecule has 4 nitrogen and oxygen atoms in total. The summed E-state index contributed by atoms with van der Waals surface area (Å²) in [5.74, 6) is 2.13. The molecule has 2 aromatic rings. The Balaban J connectivity index is 1.82. The number of hydrogen-bond acceptors (Lipinski definition) is 5. The zero-order valence-corrected chi connectivity index (χ0v) is 13.6. The molecular weight excluding hydrogens is 282 g/mol. The molecule has 0 saturated heterocycles. The van der Waals surface area contributed by atoms with Gasteiger partial charge in [-0.3, -0.25) is 0 Å². The largest absolute Gasteiger partial charge is 0.477 e. The Morgan fingerprint density at radius 3 is 2.90 bits per heavy atom. The first-order chi connectivity index (χ1) is 10.3. The molecule has 0 atom stereocenters. The second kappa shape index (κ2) is 6.60. The predicted octanol–water partition coefficient (Wildman–Crippen LogP) is 4.39. The van der Waals surface area contributed by atoms with Crippen LogP contribution in [-0.4, -0.2) is 23.1 Å². The molecule has 1 N–H and O–H groups in total. The maximum absolute atomic E-state index is 6.05. The zero-order chi connectivity index (χ0) is 14.7.